The molecule has 0 saturated carbocycles. The van der Waals surface area contributed by atoms with Gasteiger partial charge in [-0.3, -0.25) is 4.79 Å². The van der Waals surface area contributed by atoms with E-state index in [4.69, 9.17) is 5.73 Å². The largest absolute Gasteiger partial charge is 0.399 e. The number of benzene rings is 1. The first-order valence-electron chi connectivity index (χ1n) is 6.23. The zero-order valence-corrected chi connectivity index (χ0v) is 13.0. The number of sulfonamides is 1. The molecule has 0 aromatic heterocycles. The van der Waals surface area contributed by atoms with Crippen LogP contribution in [0.5, 0.6) is 0 Å². The molecule has 1 atom stereocenters. The van der Waals surface area contributed by atoms with Crippen LogP contribution in [-0.4, -0.2) is 39.3 Å². The predicted octanol–water partition coefficient (Wildman–Crippen LogP) is 0.580. The van der Waals surface area contributed by atoms with Crippen LogP contribution >= 0.6 is 0 Å². The standard InChI is InChI=1S/C13H21N3O3S/c1-9-5-11(14)7-12(6-9)20(18,19)16(4)8-10(2)13(17)15-3/h5-7,10H,8,14H2,1-4H3,(H,15,17). The second-order valence-electron chi connectivity index (χ2n) is 4.88. The Kier molecular flexibility index (Phi) is 5.13. The normalized spacial score (nSPS) is 13.2. The van der Waals surface area contributed by atoms with E-state index in [-0.39, 0.29) is 17.3 Å². The van der Waals surface area contributed by atoms with E-state index in [0.717, 1.165) is 5.56 Å². The molecular formula is C13H21N3O3S. The average molecular weight is 299 g/mol. The summed E-state index contributed by atoms with van der Waals surface area (Å²) in [5.41, 5.74) is 6.85. The molecule has 20 heavy (non-hydrogen) atoms. The number of rotatable bonds is 5. The quantitative estimate of drug-likeness (QED) is 0.778. The van der Waals surface area contributed by atoms with E-state index in [9.17, 15) is 13.2 Å². The molecule has 0 aliphatic rings. The number of anilines is 1. The van der Waals surface area contributed by atoms with Crippen molar-refractivity contribution in [2.45, 2.75) is 18.7 Å². The number of hydrogen-bond acceptors (Lipinski definition) is 4. The summed E-state index contributed by atoms with van der Waals surface area (Å²) in [6, 6.07) is 4.68. The van der Waals surface area contributed by atoms with Crippen LogP contribution in [0.3, 0.4) is 0 Å². The molecule has 0 aliphatic carbocycles. The van der Waals surface area contributed by atoms with Crippen molar-refractivity contribution in [1.29, 1.82) is 0 Å². The van der Waals surface area contributed by atoms with E-state index in [1.807, 2.05) is 0 Å². The van der Waals surface area contributed by atoms with E-state index >= 15 is 0 Å². The third-order valence-electron chi connectivity index (χ3n) is 3.01. The summed E-state index contributed by atoms with van der Waals surface area (Å²) in [7, 11) is -0.673. The van der Waals surface area contributed by atoms with Crippen molar-refractivity contribution in [3.63, 3.8) is 0 Å². The van der Waals surface area contributed by atoms with Gasteiger partial charge in [-0.25, -0.2) is 12.7 Å². The predicted molar refractivity (Wildman–Crippen MR) is 78.6 cm³/mol. The van der Waals surface area contributed by atoms with Crippen molar-refractivity contribution in [3.8, 4) is 0 Å². The number of aryl methyl sites for hydroxylation is 1. The molecule has 0 bridgehead atoms. The van der Waals surface area contributed by atoms with Crippen LogP contribution in [-0.2, 0) is 14.8 Å². The lowest BCUT2D eigenvalue weighted by molar-refractivity contribution is -0.124. The minimum atomic E-state index is -3.65. The fourth-order valence-electron chi connectivity index (χ4n) is 1.92. The molecule has 0 aliphatic heterocycles. The van der Waals surface area contributed by atoms with E-state index < -0.39 is 15.9 Å². The molecule has 0 radical (unpaired) electrons. The van der Waals surface area contributed by atoms with Gasteiger partial charge < -0.3 is 11.1 Å². The van der Waals surface area contributed by atoms with Crippen LogP contribution in [0.25, 0.3) is 0 Å². The first-order valence-corrected chi connectivity index (χ1v) is 7.67. The smallest absolute Gasteiger partial charge is 0.242 e. The van der Waals surface area contributed by atoms with Gasteiger partial charge in [0.05, 0.1) is 4.90 Å². The highest BCUT2D eigenvalue weighted by molar-refractivity contribution is 7.89. The molecule has 1 aromatic rings. The van der Waals surface area contributed by atoms with Crippen molar-refractivity contribution >= 4 is 21.6 Å². The lowest BCUT2D eigenvalue weighted by atomic mass is 10.2. The van der Waals surface area contributed by atoms with Gasteiger partial charge in [-0.1, -0.05) is 6.92 Å². The summed E-state index contributed by atoms with van der Waals surface area (Å²) >= 11 is 0. The molecule has 1 aromatic carbocycles. The molecule has 1 rings (SSSR count). The lowest BCUT2D eigenvalue weighted by Crippen LogP contribution is -2.37. The van der Waals surface area contributed by atoms with Crippen molar-refractivity contribution in [2.24, 2.45) is 5.92 Å². The number of carbonyl (C=O) groups is 1. The molecule has 6 nitrogen and oxygen atoms in total. The maximum absolute atomic E-state index is 12.4. The molecule has 0 fully saturated rings. The van der Waals surface area contributed by atoms with Crippen LogP contribution in [0.4, 0.5) is 5.69 Å². The van der Waals surface area contributed by atoms with Crippen LogP contribution in [0, 0.1) is 12.8 Å². The Morgan fingerprint density at radius 1 is 1.40 bits per heavy atom. The van der Waals surface area contributed by atoms with Gasteiger partial charge in [0.15, 0.2) is 0 Å². The Labute approximate surface area is 120 Å². The summed E-state index contributed by atoms with van der Waals surface area (Å²) in [6.45, 7) is 3.56. The summed E-state index contributed by atoms with van der Waals surface area (Å²) in [4.78, 5) is 11.6. The zero-order valence-electron chi connectivity index (χ0n) is 12.2. The van der Waals surface area contributed by atoms with Crippen molar-refractivity contribution in [2.75, 3.05) is 26.4 Å². The topological polar surface area (TPSA) is 92.5 Å². The van der Waals surface area contributed by atoms with E-state index in [1.54, 1.807) is 26.0 Å². The first-order chi connectivity index (χ1) is 9.18. The molecule has 3 N–H and O–H groups in total. The molecular weight excluding hydrogens is 278 g/mol. The third kappa shape index (κ3) is 3.71. The molecule has 0 saturated heterocycles. The van der Waals surface area contributed by atoms with E-state index in [1.165, 1.54) is 24.5 Å². The van der Waals surface area contributed by atoms with Crippen molar-refractivity contribution in [3.05, 3.63) is 23.8 Å². The SMILES string of the molecule is CNC(=O)C(C)CN(C)S(=O)(=O)c1cc(C)cc(N)c1. The van der Waals surface area contributed by atoms with E-state index in [0.29, 0.717) is 5.69 Å². The van der Waals surface area contributed by atoms with Gasteiger partial charge in [0.25, 0.3) is 0 Å². The second-order valence-corrected chi connectivity index (χ2v) is 6.93. The van der Waals surface area contributed by atoms with Crippen LogP contribution < -0.4 is 11.1 Å². The number of nitrogens with zero attached hydrogens (tertiary/aromatic N) is 1. The van der Waals surface area contributed by atoms with E-state index in [2.05, 4.69) is 5.32 Å². The van der Waals surface area contributed by atoms with Gasteiger partial charge in [0.2, 0.25) is 15.9 Å². The Bertz CT molecular complexity index is 579. The van der Waals surface area contributed by atoms with Crippen molar-refractivity contribution < 1.29 is 13.2 Å². The Hall–Kier alpha value is -1.60. The van der Waals surface area contributed by atoms with Crippen LogP contribution in [0.2, 0.25) is 0 Å². The van der Waals surface area contributed by atoms with Gasteiger partial charge in [0, 0.05) is 32.2 Å². The van der Waals surface area contributed by atoms with Gasteiger partial charge in [-0.15, -0.1) is 0 Å². The number of hydrogen-bond donors (Lipinski definition) is 2. The Morgan fingerprint density at radius 2 is 2.00 bits per heavy atom. The maximum atomic E-state index is 12.4. The fourth-order valence-corrected chi connectivity index (χ4v) is 3.32. The number of nitrogen functional groups attached to an aromatic ring is 1. The molecule has 0 heterocycles. The zero-order chi connectivity index (χ0) is 15.5. The Balaban J connectivity index is 3.01. The number of carbonyl (C=O) groups excluding carboxylic acids is 1. The van der Waals surface area contributed by atoms with Gasteiger partial charge in [-0.2, -0.15) is 0 Å². The Morgan fingerprint density at radius 3 is 2.50 bits per heavy atom. The minimum Gasteiger partial charge on any atom is -0.399 e. The van der Waals surface area contributed by atoms with Crippen molar-refractivity contribution in [1.82, 2.24) is 9.62 Å². The summed E-state index contributed by atoms with van der Waals surface area (Å²) in [5, 5.41) is 2.50. The monoisotopic (exact) mass is 299 g/mol. The number of amides is 1. The highest BCUT2D eigenvalue weighted by atomic mass is 32.2. The maximum Gasteiger partial charge on any atom is 0.242 e. The highest BCUT2D eigenvalue weighted by Crippen LogP contribution is 2.20. The number of nitrogens with one attached hydrogen (secondary N) is 1. The van der Waals surface area contributed by atoms with Gasteiger partial charge in [0.1, 0.15) is 0 Å². The summed E-state index contributed by atoms with van der Waals surface area (Å²) < 4.78 is 26.0. The number of nitrogens with two attached hydrogens (primary N) is 1. The first kappa shape index (κ1) is 16.5. The molecule has 1 unspecified atom stereocenters. The van der Waals surface area contributed by atoms with Crippen LogP contribution in [0.1, 0.15) is 12.5 Å². The highest BCUT2D eigenvalue weighted by Gasteiger charge is 2.25. The molecule has 7 heteroatoms. The van der Waals surface area contributed by atoms with Gasteiger partial charge >= 0.3 is 0 Å². The third-order valence-corrected chi connectivity index (χ3v) is 4.81. The average Bonchev–Trinajstić information content (AvgIpc) is 2.36. The molecule has 0 spiro atoms. The fraction of sp³-hybridized carbons (Fsp3) is 0.462. The second kappa shape index (κ2) is 6.23. The molecule has 1 amide bonds. The van der Waals surface area contributed by atoms with Gasteiger partial charge in [-0.05, 0) is 30.7 Å². The minimum absolute atomic E-state index is 0.107. The van der Waals surface area contributed by atoms with Crippen LogP contribution in [0.15, 0.2) is 23.1 Å². The summed E-state index contributed by atoms with van der Waals surface area (Å²) in [5.74, 6) is -0.627. The lowest BCUT2D eigenvalue weighted by Gasteiger charge is -2.21. The molecule has 112 valence electrons. The summed E-state index contributed by atoms with van der Waals surface area (Å²) in [6.07, 6.45) is 0.